The lowest BCUT2D eigenvalue weighted by atomic mass is 10.0. The van der Waals surface area contributed by atoms with Crippen molar-refractivity contribution in [3.63, 3.8) is 0 Å². The lowest BCUT2D eigenvalue weighted by Gasteiger charge is -2.32. The van der Waals surface area contributed by atoms with Crippen LogP contribution >= 0.6 is 0 Å². The Bertz CT molecular complexity index is 1030. The first-order valence-electron chi connectivity index (χ1n) is 8.76. The highest BCUT2D eigenvalue weighted by Gasteiger charge is 2.40. The summed E-state index contributed by atoms with van der Waals surface area (Å²) in [7, 11) is 0. The lowest BCUT2D eigenvalue weighted by Crippen LogP contribution is -2.40. The Labute approximate surface area is 155 Å². The highest BCUT2D eigenvalue weighted by molar-refractivity contribution is 5.99. The molecule has 7 nitrogen and oxygen atoms in total. The smallest absolute Gasteiger partial charge is 0.252 e. The van der Waals surface area contributed by atoms with Crippen LogP contribution in [-0.4, -0.2) is 22.7 Å². The van der Waals surface area contributed by atoms with Gasteiger partial charge in [0.15, 0.2) is 11.5 Å². The number of hydrogen-bond donors (Lipinski definition) is 1. The summed E-state index contributed by atoms with van der Waals surface area (Å²) in [5.41, 5.74) is 0.793. The number of amides is 1. The predicted octanol–water partition coefficient (Wildman–Crippen LogP) is 2.78. The van der Waals surface area contributed by atoms with Gasteiger partial charge in [0.1, 0.15) is 6.61 Å². The minimum atomic E-state index is -0.840. The number of rotatable bonds is 3. The molecule has 0 saturated heterocycles. The van der Waals surface area contributed by atoms with Crippen molar-refractivity contribution in [2.75, 3.05) is 6.61 Å². The van der Waals surface area contributed by atoms with E-state index in [4.69, 9.17) is 14.0 Å². The number of carbonyl (C=O) groups is 1. The minimum Gasteiger partial charge on any atom is -0.485 e. The number of nitrogens with zero attached hydrogens (tertiary/aromatic N) is 2. The topological polar surface area (TPSA) is 86.5 Å². The number of fused-ring (bicyclic) bond motifs is 2. The molecule has 1 amide bonds. The Morgan fingerprint density at radius 2 is 1.93 bits per heavy atom. The molecule has 2 atom stereocenters. The maximum absolute atomic E-state index is 12.1. The van der Waals surface area contributed by atoms with Crippen molar-refractivity contribution in [2.45, 2.75) is 25.0 Å². The molecule has 2 aromatic carbocycles. The van der Waals surface area contributed by atoms with Gasteiger partial charge in [-0.25, -0.2) is 0 Å². The molecule has 3 aromatic rings. The summed E-state index contributed by atoms with van der Waals surface area (Å²) in [6, 6.07) is 14.8. The number of nitrogens with one attached hydrogen (secondary N) is 1. The molecule has 3 heterocycles. The molecule has 1 N–H and O–H groups in total. The zero-order valence-electron chi connectivity index (χ0n) is 14.6. The maximum Gasteiger partial charge on any atom is 0.252 e. The Hall–Kier alpha value is -3.35. The van der Waals surface area contributed by atoms with E-state index in [1.165, 1.54) is 0 Å². The van der Waals surface area contributed by atoms with E-state index in [9.17, 15) is 4.79 Å². The number of benzene rings is 2. The van der Waals surface area contributed by atoms with E-state index in [0.29, 0.717) is 35.2 Å². The zero-order chi connectivity index (χ0) is 18.4. The van der Waals surface area contributed by atoms with Crippen LogP contribution in [0.5, 0.6) is 11.5 Å². The fourth-order valence-corrected chi connectivity index (χ4v) is 3.46. The number of hydrogen-bond acceptors (Lipinski definition) is 6. The van der Waals surface area contributed by atoms with E-state index in [1.54, 1.807) is 0 Å². The van der Waals surface area contributed by atoms with Crippen LogP contribution < -0.4 is 14.8 Å². The summed E-state index contributed by atoms with van der Waals surface area (Å²) in [5.74, 6) is 2.13. The van der Waals surface area contributed by atoms with Crippen LogP contribution in [0.4, 0.5) is 0 Å². The number of ether oxygens (including phenoxy) is 2. The van der Waals surface area contributed by atoms with Crippen molar-refractivity contribution in [1.82, 2.24) is 15.5 Å². The van der Waals surface area contributed by atoms with Gasteiger partial charge in [0.05, 0.1) is 12.5 Å². The first-order valence-corrected chi connectivity index (χ1v) is 8.76. The third-order valence-corrected chi connectivity index (χ3v) is 4.89. The standard InChI is InChI=1S/C20H17N3O4/c1-20(11-25-15-8-4-5-9-16(15)26-20)19-22-17(27-23-19)10-14-12-6-2-3-7-13(12)18(24)21-14/h2-9,14H,10-11H2,1H3,(H,21,24). The van der Waals surface area contributed by atoms with Crippen LogP contribution in [0.25, 0.3) is 0 Å². The van der Waals surface area contributed by atoms with Crippen LogP contribution in [-0.2, 0) is 12.0 Å². The average molecular weight is 363 g/mol. The second-order valence-electron chi connectivity index (χ2n) is 6.90. The molecule has 27 heavy (non-hydrogen) atoms. The van der Waals surface area contributed by atoms with Gasteiger partial charge >= 0.3 is 0 Å². The third-order valence-electron chi connectivity index (χ3n) is 4.89. The van der Waals surface area contributed by atoms with Gasteiger partial charge in [-0.1, -0.05) is 35.5 Å². The summed E-state index contributed by atoms with van der Waals surface area (Å²) in [4.78, 5) is 16.6. The van der Waals surface area contributed by atoms with Crippen LogP contribution in [0.3, 0.4) is 0 Å². The van der Waals surface area contributed by atoms with E-state index in [-0.39, 0.29) is 18.6 Å². The summed E-state index contributed by atoms with van der Waals surface area (Å²) >= 11 is 0. The van der Waals surface area contributed by atoms with Gasteiger partial charge in [-0.15, -0.1) is 0 Å². The first-order chi connectivity index (χ1) is 13.1. The second-order valence-corrected chi connectivity index (χ2v) is 6.90. The van der Waals surface area contributed by atoms with Crippen molar-refractivity contribution < 1.29 is 18.8 Å². The fourth-order valence-electron chi connectivity index (χ4n) is 3.46. The van der Waals surface area contributed by atoms with Crippen LogP contribution in [0, 0.1) is 0 Å². The molecule has 2 aliphatic heterocycles. The molecule has 0 spiro atoms. The molecule has 2 aliphatic rings. The highest BCUT2D eigenvalue weighted by atomic mass is 16.6. The molecule has 0 radical (unpaired) electrons. The number of para-hydroxylation sites is 2. The Morgan fingerprint density at radius 1 is 1.15 bits per heavy atom. The molecule has 0 bridgehead atoms. The largest absolute Gasteiger partial charge is 0.485 e. The summed E-state index contributed by atoms with van der Waals surface area (Å²) in [6.07, 6.45) is 0.420. The van der Waals surface area contributed by atoms with Gasteiger partial charge in [-0.05, 0) is 30.7 Å². The van der Waals surface area contributed by atoms with E-state index >= 15 is 0 Å². The molecule has 136 valence electrons. The summed E-state index contributed by atoms with van der Waals surface area (Å²) < 4.78 is 17.3. The van der Waals surface area contributed by atoms with Gasteiger partial charge < -0.3 is 19.3 Å². The van der Waals surface area contributed by atoms with E-state index < -0.39 is 5.60 Å². The fraction of sp³-hybridized carbons (Fsp3) is 0.250. The SMILES string of the molecule is CC1(c2noc(CC3NC(=O)c4ccccc43)n2)COc2ccccc2O1. The molecule has 1 aromatic heterocycles. The second kappa shape index (κ2) is 5.84. The molecule has 2 unspecified atom stereocenters. The predicted molar refractivity (Wildman–Crippen MR) is 94.6 cm³/mol. The maximum atomic E-state index is 12.1. The normalized spacial score (nSPS) is 23.0. The monoisotopic (exact) mass is 363 g/mol. The minimum absolute atomic E-state index is 0.0806. The zero-order valence-corrected chi connectivity index (χ0v) is 14.6. The number of carbonyl (C=O) groups excluding carboxylic acids is 1. The first kappa shape index (κ1) is 15.9. The Kier molecular flexibility index (Phi) is 3.43. The van der Waals surface area contributed by atoms with Crippen LogP contribution in [0.15, 0.2) is 53.1 Å². The highest BCUT2D eigenvalue weighted by Crippen LogP contribution is 2.38. The van der Waals surface area contributed by atoms with Gasteiger partial charge in [-0.3, -0.25) is 4.79 Å². The molecule has 0 saturated carbocycles. The van der Waals surface area contributed by atoms with Crippen LogP contribution in [0.2, 0.25) is 0 Å². The van der Waals surface area contributed by atoms with Crippen molar-refractivity contribution in [1.29, 1.82) is 0 Å². The molecule has 0 fully saturated rings. The van der Waals surface area contributed by atoms with E-state index in [1.807, 2.05) is 55.5 Å². The third kappa shape index (κ3) is 2.63. The molecular formula is C20H17N3O4. The molecular weight excluding hydrogens is 346 g/mol. The van der Waals surface area contributed by atoms with Crippen molar-refractivity contribution in [3.8, 4) is 11.5 Å². The molecule has 7 heteroatoms. The van der Waals surface area contributed by atoms with Crippen molar-refractivity contribution >= 4 is 5.91 Å². The van der Waals surface area contributed by atoms with Gasteiger partial charge in [0.25, 0.3) is 5.91 Å². The lowest BCUT2D eigenvalue weighted by molar-refractivity contribution is -0.00588. The van der Waals surface area contributed by atoms with Crippen molar-refractivity contribution in [2.24, 2.45) is 0 Å². The van der Waals surface area contributed by atoms with Crippen molar-refractivity contribution in [3.05, 3.63) is 71.4 Å². The summed E-state index contributed by atoms with van der Waals surface area (Å²) in [6.45, 7) is 2.15. The van der Waals surface area contributed by atoms with Gasteiger partial charge in [-0.2, -0.15) is 4.98 Å². The van der Waals surface area contributed by atoms with Gasteiger partial charge in [0.2, 0.25) is 17.3 Å². The quantitative estimate of drug-likeness (QED) is 0.770. The Balaban J connectivity index is 1.38. The van der Waals surface area contributed by atoms with E-state index in [0.717, 1.165) is 5.56 Å². The van der Waals surface area contributed by atoms with Gasteiger partial charge in [0, 0.05) is 5.56 Å². The number of aromatic nitrogens is 2. The average Bonchev–Trinajstić information content (AvgIpc) is 3.28. The molecule has 5 rings (SSSR count). The van der Waals surface area contributed by atoms with Crippen LogP contribution in [0.1, 0.15) is 40.6 Å². The van der Waals surface area contributed by atoms with E-state index in [2.05, 4.69) is 15.5 Å². The summed E-state index contributed by atoms with van der Waals surface area (Å²) in [5, 5.41) is 7.05. The molecule has 0 aliphatic carbocycles. The Morgan fingerprint density at radius 3 is 2.81 bits per heavy atom.